The molecule has 0 aromatic heterocycles. The van der Waals surface area contributed by atoms with Crippen LogP contribution in [-0.2, 0) is 11.3 Å². The van der Waals surface area contributed by atoms with Crippen LogP contribution in [0.4, 0.5) is 5.69 Å². The van der Waals surface area contributed by atoms with Gasteiger partial charge in [-0.15, -0.1) is 0 Å². The first-order valence-electron chi connectivity index (χ1n) is 6.29. The van der Waals surface area contributed by atoms with Crippen molar-refractivity contribution in [3.63, 3.8) is 0 Å². The molecule has 98 valence electrons. The number of nitrogens with zero attached hydrogens (tertiary/aromatic N) is 1. The summed E-state index contributed by atoms with van der Waals surface area (Å²) in [5.41, 5.74) is 7.43. The second-order valence-corrected chi connectivity index (χ2v) is 5.70. The van der Waals surface area contributed by atoms with Crippen LogP contribution in [0.25, 0.3) is 0 Å². The van der Waals surface area contributed by atoms with Crippen molar-refractivity contribution in [1.29, 1.82) is 0 Å². The molecule has 1 fully saturated rings. The first-order valence-corrected chi connectivity index (χ1v) is 6.67. The van der Waals surface area contributed by atoms with Crippen molar-refractivity contribution in [1.82, 2.24) is 4.90 Å². The maximum Gasteiger partial charge on any atom is 0.223 e. The van der Waals surface area contributed by atoms with Crippen LogP contribution < -0.4 is 5.73 Å². The van der Waals surface area contributed by atoms with Gasteiger partial charge in [-0.1, -0.05) is 31.5 Å². The van der Waals surface area contributed by atoms with Crippen LogP contribution in [0.1, 0.15) is 25.8 Å². The predicted octanol–water partition coefficient (Wildman–Crippen LogP) is 2.93. The number of benzene rings is 1. The number of nitrogens with two attached hydrogens (primary N) is 1. The maximum atomic E-state index is 12.0. The van der Waals surface area contributed by atoms with Gasteiger partial charge in [-0.2, -0.15) is 0 Å². The average molecular weight is 267 g/mol. The van der Waals surface area contributed by atoms with Crippen molar-refractivity contribution in [2.45, 2.75) is 26.8 Å². The Morgan fingerprint density at radius 3 is 2.78 bits per heavy atom. The minimum Gasteiger partial charge on any atom is -0.398 e. The van der Waals surface area contributed by atoms with Crippen LogP contribution >= 0.6 is 11.6 Å². The zero-order chi connectivity index (χ0) is 13.3. The fraction of sp³-hybridized carbons (Fsp3) is 0.500. The highest BCUT2D eigenvalue weighted by molar-refractivity contribution is 6.31. The van der Waals surface area contributed by atoms with E-state index in [2.05, 4.69) is 13.8 Å². The standard InChI is InChI=1S/C14H19ClN2O/c1-9(2)10-6-14(18)17(7-10)8-11-12(15)4-3-5-13(11)16/h3-5,9-10H,6-8,16H2,1-2H3. The number of hydrogen-bond donors (Lipinski definition) is 1. The summed E-state index contributed by atoms with van der Waals surface area (Å²) in [6.07, 6.45) is 0.641. The van der Waals surface area contributed by atoms with Crippen LogP contribution in [0.15, 0.2) is 18.2 Å². The van der Waals surface area contributed by atoms with E-state index in [-0.39, 0.29) is 5.91 Å². The lowest BCUT2D eigenvalue weighted by Crippen LogP contribution is -2.25. The maximum absolute atomic E-state index is 12.0. The molecule has 0 bridgehead atoms. The van der Waals surface area contributed by atoms with Gasteiger partial charge in [-0.3, -0.25) is 4.79 Å². The summed E-state index contributed by atoms with van der Waals surface area (Å²) in [7, 11) is 0. The van der Waals surface area contributed by atoms with Crippen molar-refractivity contribution in [3.05, 3.63) is 28.8 Å². The van der Waals surface area contributed by atoms with Gasteiger partial charge in [0.15, 0.2) is 0 Å². The number of anilines is 1. The molecule has 1 saturated heterocycles. The molecular weight excluding hydrogens is 248 g/mol. The van der Waals surface area contributed by atoms with E-state index < -0.39 is 0 Å². The predicted molar refractivity (Wildman–Crippen MR) is 74.2 cm³/mol. The molecule has 0 aliphatic carbocycles. The molecule has 1 aliphatic heterocycles. The molecule has 1 unspecified atom stereocenters. The Balaban J connectivity index is 2.13. The van der Waals surface area contributed by atoms with E-state index in [1.807, 2.05) is 23.1 Å². The quantitative estimate of drug-likeness (QED) is 0.855. The summed E-state index contributed by atoms with van der Waals surface area (Å²) in [5.74, 6) is 1.18. The molecule has 1 amide bonds. The summed E-state index contributed by atoms with van der Waals surface area (Å²) in [6, 6.07) is 5.46. The lowest BCUT2D eigenvalue weighted by atomic mass is 9.95. The smallest absolute Gasteiger partial charge is 0.223 e. The van der Waals surface area contributed by atoms with Gasteiger partial charge in [0.05, 0.1) is 0 Å². The zero-order valence-electron chi connectivity index (χ0n) is 10.8. The molecule has 3 nitrogen and oxygen atoms in total. The molecule has 1 aromatic rings. The Kier molecular flexibility index (Phi) is 3.81. The third-order valence-corrected chi connectivity index (χ3v) is 4.05. The van der Waals surface area contributed by atoms with Gasteiger partial charge in [-0.25, -0.2) is 0 Å². The van der Waals surface area contributed by atoms with Gasteiger partial charge in [0, 0.05) is 35.8 Å². The molecule has 1 atom stereocenters. The minimum absolute atomic E-state index is 0.202. The number of rotatable bonds is 3. The van der Waals surface area contributed by atoms with Gasteiger partial charge in [-0.05, 0) is 24.0 Å². The van der Waals surface area contributed by atoms with Gasteiger partial charge in [0.2, 0.25) is 5.91 Å². The SMILES string of the molecule is CC(C)C1CC(=O)N(Cc2c(N)cccc2Cl)C1. The van der Waals surface area contributed by atoms with E-state index in [4.69, 9.17) is 17.3 Å². The highest BCUT2D eigenvalue weighted by atomic mass is 35.5. The van der Waals surface area contributed by atoms with E-state index in [9.17, 15) is 4.79 Å². The minimum atomic E-state index is 0.202. The highest BCUT2D eigenvalue weighted by Gasteiger charge is 2.31. The molecule has 2 rings (SSSR count). The fourth-order valence-corrected chi connectivity index (χ4v) is 2.58. The number of amides is 1. The van der Waals surface area contributed by atoms with E-state index in [0.29, 0.717) is 35.5 Å². The van der Waals surface area contributed by atoms with Crippen molar-refractivity contribution < 1.29 is 4.79 Å². The van der Waals surface area contributed by atoms with Crippen LogP contribution in [0.2, 0.25) is 5.02 Å². The number of carbonyl (C=O) groups excluding carboxylic acids is 1. The number of hydrogen-bond acceptors (Lipinski definition) is 2. The molecular formula is C14H19ClN2O. The number of likely N-dealkylation sites (tertiary alicyclic amines) is 1. The fourth-order valence-electron chi connectivity index (χ4n) is 2.34. The highest BCUT2D eigenvalue weighted by Crippen LogP contribution is 2.29. The van der Waals surface area contributed by atoms with Crippen molar-refractivity contribution >= 4 is 23.2 Å². The lowest BCUT2D eigenvalue weighted by Gasteiger charge is -2.19. The summed E-state index contributed by atoms with van der Waals surface area (Å²) in [5, 5.41) is 0.635. The molecule has 1 heterocycles. The Morgan fingerprint density at radius 1 is 1.50 bits per heavy atom. The third kappa shape index (κ3) is 2.61. The second kappa shape index (κ2) is 5.19. The van der Waals surface area contributed by atoms with Crippen molar-refractivity contribution in [3.8, 4) is 0 Å². The van der Waals surface area contributed by atoms with Gasteiger partial charge in [0.25, 0.3) is 0 Å². The number of halogens is 1. The largest absolute Gasteiger partial charge is 0.398 e. The van der Waals surface area contributed by atoms with E-state index in [1.165, 1.54) is 0 Å². The summed E-state index contributed by atoms with van der Waals surface area (Å²) >= 11 is 6.14. The van der Waals surface area contributed by atoms with Crippen LogP contribution in [-0.4, -0.2) is 17.4 Å². The summed E-state index contributed by atoms with van der Waals surface area (Å²) < 4.78 is 0. The van der Waals surface area contributed by atoms with Gasteiger partial charge < -0.3 is 10.6 Å². The Labute approximate surface area is 113 Å². The molecule has 0 radical (unpaired) electrons. The Bertz CT molecular complexity index is 439. The van der Waals surface area contributed by atoms with E-state index >= 15 is 0 Å². The summed E-state index contributed by atoms with van der Waals surface area (Å²) in [4.78, 5) is 13.8. The lowest BCUT2D eigenvalue weighted by molar-refractivity contribution is -0.128. The molecule has 0 spiro atoms. The molecule has 1 aliphatic rings. The molecule has 18 heavy (non-hydrogen) atoms. The monoisotopic (exact) mass is 266 g/mol. The van der Waals surface area contributed by atoms with Gasteiger partial charge in [0.1, 0.15) is 0 Å². The van der Waals surface area contributed by atoms with Gasteiger partial charge >= 0.3 is 0 Å². The Hall–Kier alpha value is -1.22. The topological polar surface area (TPSA) is 46.3 Å². The molecule has 0 saturated carbocycles. The number of carbonyl (C=O) groups is 1. The second-order valence-electron chi connectivity index (χ2n) is 5.29. The molecule has 1 aromatic carbocycles. The van der Waals surface area contributed by atoms with Crippen molar-refractivity contribution in [2.75, 3.05) is 12.3 Å². The normalized spacial score (nSPS) is 19.9. The molecule has 2 N–H and O–H groups in total. The first-order chi connectivity index (χ1) is 8.49. The third-order valence-electron chi connectivity index (χ3n) is 3.69. The summed E-state index contributed by atoms with van der Waals surface area (Å²) in [6.45, 7) is 5.64. The average Bonchev–Trinajstić information content (AvgIpc) is 2.66. The van der Waals surface area contributed by atoms with Crippen LogP contribution in [0.5, 0.6) is 0 Å². The Morgan fingerprint density at radius 2 is 2.22 bits per heavy atom. The van der Waals surface area contributed by atoms with Crippen molar-refractivity contribution in [2.24, 2.45) is 11.8 Å². The van der Waals surface area contributed by atoms with Crippen LogP contribution in [0, 0.1) is 11.8 Å². The number of nitrogen functional groups attached to an aromatic ring is 1. The van der Waals surface area contributed by atoms with E-state index in [0.717, 1.165) is 12.1 Å². The van der Waals surface area contributed by atoms with E-state index in [1.54, 1.807) is 0 Å². The molecule has 4 heteroatoms. The van der Waals surface area contributed by atoms with Crippen LogP contribution in [0.3, 0.4) is 0 Å². The zero-order valence-corrected chi connectivity index (χ0v) is 11.6. The first kappa shape index (κ1) is 13.2.